The number of ether oxygens (including phenoxy) is 1. The monoisotopic (exact) mass is 305 g/mol. The zero-order valence-corrected chi connectivity index (χ0v) is 12.5. The summed E-state index contributed by atoms with van der Waals surface area (Å²) in [7, 11) is 0. The molecule has 0 amide bonds. The highest BCUT2D eigenvalue weighted by atomic mass is 35.5. The van der Waals surface area contributed by atoms with Gasteiger partial charge < -0.3 is 9.64 Å². The first-order valence-electron chi connectivity index (χ1n) is 6.68. The van der Waals surface area contributed by atoms with Gasteiger partial charge in [0.05, 0.1) is 13.0 Å². The molecule has 110 valence electrons. The van der Waals surface area contributed by atoms with E-state index < -0.39 is 0 Å². The number of halogens is 1. The third-order valence-electron chi connectivity index (χ3n) is 2.81. The highest BCUT2D eigenvalue weighted by Gasteiger charge is 2.13. The predicted octanol–water partition coefficient (Wildman–Crippen LogP) is 3.22. The Morgan fingerprint density at radius 3 is 2.57 bits per heavy atom. The number of rotatable bonds is 6. The number of carbonyl (C=O) groups excluding carboxylic acids is 1. The Morgan fingerprint density at radius 1 is 1.19 bits per heavy atom. The molecule has 0 spiro atoms. The predicted molar refractivity (Wildman–Crippen MR) is 81.7 cm³/mol. The molecule has 0 saturated heterocycles. The van der Waals surface area contributed by atoms with Crippen LogP contribution >= 0.6 is 11.6 Å². The molecular weight excluding hydrogens is 290 g/mol. The SMILES string of the molecule is CCOC(=O)CCN(c1ccccc1)c1ccc(Cl)nn1. The lowest BCUT2D eigenvalue weighted by Crippen LogP contribution is -2.23. The van der Waals surface area contributed by atoms with Gasteiger partial charge in [-0.05, 0) is 31.2 Å². The molecule has 21 heavy (non-hydrogen) atoms. The molecule has 0 N–H and O–H groups in total. The molecule has 1 aromatic heterocycles. The first kappa shape index (κ1) is 15.3. The van der Waals surface area contributed by atoms with Crippen molar-refractivity contribution < 1.29 is 9.53 Å². The quantitative estimate of drug-likeness (QED) is 0.767. The summed E-state index contributed by atoms with van der Waals surface area (Å²) in [5, 5.41) is 8.25. The molecule has 0 unspecified atom stereocenters. The maximum atomic E-state index is 11.6. The second-order valence-corrected chi connectivity index (χ2v) is 4.64. The highest BCUT2D eigenvalue weighted by Crippen LogP contribution is 2.23. The van der Waals surface area contributed by atoms with Gasteiger partial charge in [-0.1, -0.05) is 29.8 Å². The van der Waals surface area contributed by atoms with E-state index in [1.165, 1.54) is 0 Å². The Morgan fingerprint density at radius 2 is 1.95 bits per heavy atom. The fraction of sp³-hybridized carbons (Fsp3) is 0.267. The Balaban J connectivity index is 2.18. The van der Waals surface area contributed by atoms with Crippen LogP contribution in [0.5, 0.6) is 0 Å². The summed E-state index contributed by atoms with van der Waals surface area (Å²) in [4.78, 5) is 13.5. The van der Waals surface area contributed by atoms with E-state index in [4.69, 9.17) is 16.3 Å². The van der Waals surface area contributed by atoms with E-state index in [1.807, 2.05) is 35.2 Å². The van der Waals surface area contributed by atoms with Gasteiger partial charge in [0.2, 0.25) is 0 Å². The molecule has 1 aromatic carbocycles. The largest absolute Gasteiger partial charge is 0.466 e. The van der Waals surface area contributed by atoms with Crippen molar-refractivity contribution in [2.75, 3.05) is 18.1 Å². The zero-order valence-electron chi connectivity index (χ0n) is 11.7. The van der Waals surface area contributed by atoms with E-state index in [-0.39, 0.29) is 12.4 Å². The normalized spacial score (nSPS) is 10.2. The molecule has 2 rings (SSSR count). The molecule has 0 fully saturated rings. The maximum Gasteiger partial charge on any atom is 0.307 e. The first-order chi connectivity index (χ1) is 10.2. The zero-order chi connectivity index (χ0) is 15.1. The van der Waals surface area contributed by atoms with Gasteiger partial charge >= 0.3 is 5.97 Å². The number of hydrogen-bond acceptors (Lipinski definition) is 5. The van der Waals surface area contributed by atoms with Crippen LogP contribution in [-0.4, -0.2) is 29.3 Å². The molecule has 5 nitrogen and oxygen atoms in total. The molecule has 6 heteroatoms. The second kappa shape index (κ2) is 7.59. The van der Waals surface area contributed by atoms with Crippen molar-refractivity contribution >= 4 is 29.1 Å². The number of aromatic nitrogens is 2. The summed E-state index contributed by atoms with van der Waals surface area (Å²) >= 11 is 5.76. The minimum atomic E-state index is -0.236. The summed E-state index contributed by atoms with van der Waals surface area (Å²) in [6.45, 7) is 2.63. The average Bonchev–Trinajstić information content (AvgIpc) is 2.50. The average molecular weight is 306 g/mol. The van der Waals surface area contributed by atoms with Crippen molar-refractivity contribution in [3.8, 4) is 0 Å². The minimum Gasteiger partial charge on any atom is -0.466 e. The number of esters is 1. The van der Waals surface area contributed by atoms with Crippen molar-refractivity contribution in [2.45, 2.75) is 13.3 Å². The van der Waals surface area contributed by atoms with Crippen molar-refractivity contribution in [1.82, 2.24) is 10.2 Å². The van der Waals surface area contributed by atoms with Crippen LogP contribution in [0.15, 0.2) is 42.5 Å². The Hall–Kier alpha value is -2.14. The molecule has 0 aliphatic heterocycles. The summed E-state index contributed by atoms with van der Waals surface area (Å²) < 4.78 is 4.96. The highest BCUT2D eigenvalue weighted by molar-refractivity contribution is 6.29. The summed E-state index contributed by atoms with van der Waals surface area (Å²) in [6, 6.07) is 13.1. The number of benzene rings is 1. The van der Waals surface area contributed by atoms with Crippen molar-refractivity contribution in [3.63, 3.8) is 0 Å². The lowest BCUT2D eigenvalue weighted by atomic mass is 10.2. The van der Waals surface area contributed by atoms with E-state index in [0.717, 1.165) is 5.69 Å². The fourth-order valence-electron chi connectivity index (χ4n) is 1.87. The van der Waals surface area contributed by atoms with Crippen molar-refractivity contribution in [3.05, 3.63) is 47.6 Å². The Bertz CT molecular complexity index is 575. The van der Waals surface area contributed by atoms with Crippen LogP contribution in [0.2, 0.25) is 5.15 Å². The number of nitrogens with zero attached hydrogens (tertiary/aromatic N) is 3. The Labute approximate surface area is 128 Å². The first-order valence-corrected chi connectivity index (χ1v) is 7.06. The van der Waals surface area contributed by atoms with Gasteiger partial charge in [-0.3, -0.25) is 4.79 Å². The second-order valence-electron chi connectivity index (χ2n) is 4.26. The smallest absolute Gasteiger partial charge is 0.307 e. The molecule has 0 aliphatic carbocycles. The third kappa shape index (κ3) is 4.43. The summed E-state index contributed by atoms with van der Waals surface area (Å²) in [5.41, 5.74) is 0.929. The van der Waals surface area contributed by atoms with Crippen LogP contribution in [0.25, 0.3) is 0 Å². The lowest BCUT2D eigenvalue weighted by Gasteiger charge is -2.22. The number of hydrogen-bond donors (Lipinski definition) is 0. The summed E-state index contributed by atoms with van der Waals surface area (Å²) in [6.07, 6.45) is 0.271. The topological polar surface area (TPSA) is 55.3 Å². The fourth-order valence-corrected chi connectivity index (χ4v) is 1.97. The molecular formula is C15H16ClN3O2. The molecule has 0 saturated carbocycles. The van der Waals surface area contributed by atoms with Crippen LogP contribution in [0.3, 0.4) is 0 Å². The van der Waals surface area contributed by atoms with Gasteiger partial charge in [-0.25, -0.2) is 0 Å². The van der Waals surface area contributed by atoms with E-state index in [1.54, 1.807) is 19.1 Å². The van der Waals surface area contributed by atoms with E-state index >= 15 is 0 Å². The number of para-hydroxylation sites is 1. The standard InChI is InChI=1S/C15H16ClN3O2/c1-2-21-15(20)10-11-19(12-6-4-3-5-7-12)14-9-8-13(16)17-18-14/h3-9H,2,10-11H2,1H3. The van der Waals surface area contributed by atoms with Crippen LogP contribution in [0.1, 0.15) is 13.3 Å². The lowest BCUT2D eigenvalue weighted by molar-refractivity contribution is -0.142. The minimum absolute atomic E-state index is 0.236. The number of anilines is 2. The van der Waals surface area contributed by atoms with Gasteiger partial charge in [-0.2, -0.15) is 0 Å². The molecule has 1 heterocycles. The van der Waals surface area contributed by atoms with Crippen LogP contribution in [-0.2, 0) is 9.53 Å². The van der Waals surface area contributed by atoms with Crippen LogP contribution in [0, 0.1) is 0 Å². The molecule has 0 atom stereocenters. The number of carbonyl (C=O) groups is 1. The van der Waals surface area contributed by atoms with E-state index in [2.05, 4.69) is 10.2 Å². The van der Waals surface area contributed by atoms with Crippen LogP contribution in [0.4, 0.5) is 11.5 Å². The van der Waals surface area contributed by atoms with Gasteiger partial charge in [0.25, 0.3) is 0 Å². The van der Waals surface area contributed by atoms with Gasteiger partial charge in [0.1, 0.15) is 0 Å². The van der Waals surface area contributed by atoms with E-state index in [0.29, 0.717) is 24.1 Å². The van der Waals surface area contributed by atoms with Crippen molar-refractivity contribution in [2.24, 2.45) is 0 Å². The maximum absolute atomic E-state index is 11.6. The molecule has 2 aromatic rings. The van der Waals surface area contributed by atoms with Crippen LogP contribution < -0.4 is 4.90 Å². The van der Waals surface area contributed by atoms with E-state index in [9.17, 15) is 4.79 Å². The summed E-state index contributed by atoms with van der Waals surface area (Å²) in [5.74, 6) is 0.398. The van der Waals surface area contributed by atoms with Gasteiger partial charge in [0.15, 0.2) is 11.0 Å². The van der Waals surface area contributed by atoms with Gasteiger partial charge in [0, 0.05) is 12.2 Å². The van der Waals surface area contributed by atoms with Crippen molar-refractivity contribution in [1.29, 1.82) is 0 Å². The molecule has 0 bridgehead atoms. The van der Waals surface area contributed by atoms with Gasteiger partial charge in [-0.15, -0.1) is 10.2 Å². The molecule has 0 aliphatic rings. The Kier molecular flexibility index (Phi) is 5.51. The molecule has 0 radical (unpaired) electrons. The third-order valence-corrected chi connectivity index (χ3v) is 3.01.